The van der Waals surface area contributed by atoms with Crippen molar-refractivity contribution in [3.8, 4) is 11.3 Å². The quantitative estimate of drug-likeness (QED) is 0.466. The van der Waals surface area contributed by atoms with Crippen molar-refractivity contribution in [1.82, 2.24) is 29.9 Å². The van der Waals surface area contributed by atoms with Gasteiger partial charge in [-0.1, -0.05) is 17.3 Å². The number of carbonyl (C=O) groups is 1. The molecule has 4 fully saturated rings. The first-order chi connectivity index (χ1) is 16.6. The number of nitrogens with zero attached hydrogens (tertiary/aromatic N) is 7. The number of anilines is 1. The summed E-state index contributed by atoms with van der Waals surface area (Å²) < 4.78 is 7.92. The summed E-state index contributed by atoms with van der Waals surface area (Å²) in [6, 6.07) is 12.1. The highest BCUT2D eigenvalue weighted by atomic mass is 16.4. The zero-order chi connectivity index (χ0) is 22.9. The van der Waals surface area contributed by atoms with Gasteiger partial charge in [0, 0.05) is 43.0 Å². The second-order valence-electron chi connectivity index (χ2n) is 9.88. The molecule has 0 N–H and O–H groups in total. The Bertz CT molecular complexity index is 1380. The number of hydrogen-bond acceptors (Lipinski definition) is 7. The van der Waals surface area contributed by atoms with E-state index in [9.17, 15) is 4.79 Å². The largest absolute Gasteiger partial charge is 0.422 e. The standard InChI is InChI=1S/C25H25N7O2/c1-16-2-7-21-22(26-16)27-24(34-21)31-10-8-30(9-11-31)23(33)19-5-3-18(4-6-19)20-15-32(29-28-20)25-12-17(13-25)14-25/h2-7,15,17H,8-14H2,1H3. The Balaban J connectivity index is 1.01. The van der Waals surface area contributed by atoms with Gasteiger partial charge in [-0.05, 0) is 56.4 Å². The van der Waals surface area contributed by atoms with Crippen LogP contribution >= 0.6 is 0 Å². The number of hydrogen-bond donors (Lipinski definition) is 0. The van der Waals surface area contributed by atoms with E-state index in [4.69, 9.17) is 4.42 Å². The van der Waals surface area contributed by atoms with Gasteiger partial charge in [0.2, 0.25) is 5.65 Å². The maximum Gasteiger partial charge on any atom is 0.300 e. The summed E-state index contributed by atoms with van der Waals surface area (Å²) in [7, 11) is 0. The number of carbonyl (C=O) groups excluding carboxylic acids is 1. The third-order valence-corrected chi connectivity index (χ3v) is 7.63. The molecule has 0 atom stereocenters. The molecule has 0 unspecified atom stereocenters. The van der Waals surface area contributed by atoms with E-state index in [0.29, 0.717) is 49.0 Å². The number of aryl methyl sites for hydroxylation is 1. The highest BCUT2D eigenvalue weighted by molar-refractivity contribution is 5.94. The summed E-state index contributed by atoms with van der Waals surface area (Å²) in [5.74, 6) is 0.939. The second-order valence-corrected chi connectivity index (χ2v) is 9.88. The van der Waals surface area contributed by atoms with Crippen LogP contribution in [0.5, 0.6) is 0 Å². The normalized spacial score (nSPS) is 23.6. The minimum atomic E-state index is 0.0403. The van der Waals surface area contributed by atoms with E-state index in [1.807, 2.05) is 54.4 Å². The fourth-order valence-electron chi connectivity index (χ4n) is 5.45. The minimum absolute atomic E-state index is 0.0403. The van der Waals surface area contributed by atoms with Crippen molar-refractivity contribution < 1.29 is 9.21 Å². The molecule has 4 aromatic rings. The summed E-state index contributed by atoms with van der Waals surface area (Å²) in [6.07, 6.45) is 5.76. The molecule has 0 spiro atoms. The van der Waals surface area contributed by atoms with Crippen LogP contribution in [-0.4, -0.2) is 61.9 Å². The van der Waals surface area contributed by atoms with Gasteiger partial charge >= 0.3 is 0 Å². The van der Waals surface area contributed by atoms with Gasteiger partial charge < -0.3 is 14.2 Å². The molecule has 3 aliphatic carbocycles. The third-order valence-electron chi connectivity index (χ3n) is 7.63. The minimum Gasteiger partial charge on any atom is -0.422 e. The van der Waals surface area contributed by atoms with Gasteiger partial charge in [0.1, 0.15) is 5.69 Å². The Morgan fingerprint density at radius 3 is 2.47 bits per heavy atom. The van der Waals surface area contributed by atoms with E-state index in [2.05, 4.69) is 29.9 Å². The molecule has 172 valence electrons. The Labute approximate surface area is 196 Å². The lowest BCUT2D eigenvalue weighted by Crippen LogP contribution is -2.59. The lowest BCUT2D eigenvalue weighted by Gasteiger charge is -2.61. The van der Waals surface area contributed by atoms with E-state index >= 15 is 0 Å². The number of benzene rings is 1. The van der Waals surface area contributed by atoms with Crippen molar-refractivity contribution in [3.05, 3.63) is 53.9 Å². The predicted molar refractivity (Wildman–Crippen MR) is 125 cm³/mol. The molecule has 8 rings (SSSR count). The molecule has 9 nitrogen and oxygen atoms in total. The molecule has 3 saturated carbocycles. The fraction of sp³-hybridized carbons (Fsp3) is 0.400. The Kier molecular flexibility index (Phi) is 4.13. The number of oxazole rings is 1. The van der Waals surface area contributed by atoms with Crippen molar-refractivity contribution in [2.45, 2.75) is 31.7 Å². The van der Waals surface area contributed by atoms with Gasteiger partial charge in [0.15, 0.2) is 5.58 Å². The van der Waals surface area contributed by atoms with Crippen LogP contribution in [-0.2, 0) is 5.54 Å². The number of amides is 1. The second kappa shape index (κ2) is 7.12. The molecule has 1 amide bonds. The van der Waals surface area contributed by atoms with Gasteiger partial charge in [-0.3, -0.25) is 4.79 Å². The summed E-state index contributed by atoms with van der Waals surface area (Å²) in [6.45, 7) is 4.50. The summed E-state index contributed by atoms with van der Waals surface area (Å²) in [5, 5.41) is 8.75. The first-order valence-electron chi connectivity index (χ1n) is 11.9. The number of pyridine rings is 1. The smallest absolute Gasteiger partial charge is 0.300 e. The highest BCUT2D eigenvalue weighted by Gasteiger charge is 2.58. The predicted octanol–water partition coefficient (Wildman–Crippen LogP) is 3.26. The molecule has 1 saturated heterocycles. The van der Waals surface area contributed by atoms with Crippen LogP contribution < -0.4 is 4.90 Å². The van der Waals surface area contributed by atoms with Gasteiger partial charge in [0.05, 0.1) is 11.7 Å². The Morgan fingerprint density at radius 2 is 1.76 bits per heavy atom. The zero-order valence-corrected chi connectivity index (χ0v) is 19.0. The van der Waals surface area contributed by atoms with Crippen molar-refractivity contribution in [1.29, 1.82) is 0 Å². The van der Waals surface area contributed by atoms with Crippen molar-refractivity contribution in [2.75, 3.05) is 31.1 Å². The van der Waals surface area contributed by atoms with Crippen LogP contribution in [0.1, 0.15) is 35.3 Å². The number of rotatable bonds is 4. The fourth-order valence-corrected chi connectivity index (χ4v) is 5.45. The van der Waals surface area contributed by atoms with Crippen LogP contribution in [0.15, 0.2) is 47.0 Å². The molecule has 34 heavy (non-hydrogen) atoms. The summed E-state index contributed by atoms with van der Waals surface area (Å²) >= 11 is 0. The molecule has 4 aliphatic rings. The van der Waals surface area contributed by atoms with Gasteiger partial charge in [-0.2, -0.15) is 4.98 Å². The van der Waals surface area contributed by atoms with Crippen LogP contribution in [0.4, 0.5) is 6.01 Å². The first kappa shape index (κ1) is 19.7. The molecular formula is C25H25N7O2. The van der Waals surface area contributed by atoms with E-state index in [1.54, 1.807) is 0 Å². The SMILES string of the molecule is Cc1ccc2oc(N3CCN(C(=O)c4ccc(-c5cn(C67CC(C6)C7)nn5)cc4)CC3)nc2n1. The first-order valence-corrected chi connectivity index (χ1v) is 11.9. The van der Waals surface area contributed by atoms with Crippen LogP contribution in [0.3, 0.4) is 0 Å². The number of fused-ring (bicyclic) bond motifs is 1. The summed E-state index contributed by atoms with van der Waals surface area (Å²) in [5.41, 5.74) is 4.99. The lowest BCUT2D eigenvalue weighted by molar-refractivity contribution is -0.0988. The highest BCUT2D eigenvalue weighted by Crippen LogP contribution is 2.61. The maximum absolute atomic E-state index is 13.1. The maximum atomic E-state index is 13.1. The number of piperazine rings is 1. The van der Waals surface area contributed by atoms with Crippen molar-refractivity contribution in [2.24, 2.45) is 5.92 Å². The van der Waals surface area contributed by atoms with Crippen LogP contribution in [0, 0.1) is 12.8 Å². The molecule has 4 heterocycles. The topological polar surface area (TPSA) is 93.2 Å². The summed E-state index contributed by atoms with van der Waals surface area (Å²) in [4.78, 5) is 26.0. The van der Waals surface area contributed by atoms with Gasteiger partial charge in [0.25, 0.3) is 11.9 Å². The molecule has 0 radical (unpaired) electrons. The van der Waals surface area contributed by atoms with Crippen LogP contribution in [0.25, 0.3) is 22.5 Å². The molecular weight excluding hydrogens is 430 g/mol. The molecule has 1 aromatic carbocycles. The van der Waals surface area contributed by atoms with E-state index < -0.39 is 0 Å². The van der Waals surface area contributed by atoms with E-state index in [-0.39, 0.29) is 11.4 Å². The van der Waals surface area contributed by atoms with E-state index in [0.717, 1.165) is 22.9 Å². The Morgan fingerprint density at radius 1 is 1.00 bits per heavy atom. The monoisotopic (exact) mass is 455 g/mol. The van der Waals surface area contributed by atoms with Crippen LogP contribution in [0.2, 0.25) is 0 Å². The average molecular weight is 456 g/mol. The van der Waals surface area contributed by atoms with Gasteiger partial charge in [-0.25, -0.2) is 9.67 Å². The third kappa shape index (κ3) is 3.03. The van der Waals surface area contributed by atoms with Crippen molar-refractivity contribution in [3.63, 3.8) is 0 Å². The molecule has 2 bridgehead atoms. The molecule has 1 aliphatic heterocycles. The molecule has 9 heteroatoms. The van der Waals surface area contributed by atoms with Crippen molar-refractivity contribution >= 4 is 23.2 Å². The van der Waals surface area contributed by atoms with Gasteiger partial charge in [-0.15, -0.1) is 5.10 Å². The zero-order valence-electron chi connectivity index (χ0n) is 19.0. The molecule has 3 aromatic heterocycles. The Hall–Kier alpha value is -3.75. The van der Waals surface area contributed by atoms with E-state index in [1.165, 1.54) is 19.3 Å². The lowest BCUT2D eigenvalue weighted by atomic mass is 9.50. The number of aromatic nitrogens is 5. The average Bonchev–Trinajstić information content (AvgIpc) is 3.44.